The summed E-state index contributed by atoms with van der Waals surface area (Å²) in [7, 11) is 0. The fourth-order valence-electron chi connectivity index (χ4n) is 2.37. The van der Waals surface area contributed by atoms with Crippen molar-refractivity contribution in [1.29, 1.82) is 0 Å². The molecule has 0 aromatic heterocycles. The molecule has 1 aliphatic rings. The first kappa shape index (κ1) is 11.1. The summed E-state index contributed by atoms with van der Waals surface area (Å²) in [5.41, 5.74) is 3.81. The summed E-state index contributed by atoms with van der Waals surface area (Å²) in [5.74, 6) is -0.0346. The maximum absolute atomic E-state index is 12.9. The summed E-state index contributed by atoms with van der Waals surface area (Å²) in [5, 5.41) is 13.3. The number of phenols is 1. The largest absolute Gasteiger partial charge is 0.507 e. The van der Waals surface area contributed by atoms with E-state index in [1.54, 1.807) is 18.2 Å². The Balaban J connectivity index is 2.09. The molecule has 3 rings (SSSR count). The molecular weight excluding hydrogens is 229 g/mol. The monoisotopic (exact) mass is 243 g/mol. The number of nitrogens with one attached hydrogen (secondary N) is 1. The summed E-state index contributed by atoms with van der Waals surface area (Å²) in [6.45, 7) is 0.947. The lowest BCUT2D eigenvalue weighted by molar-refractivity contribution is 0.477. The molecule has 0 saturated carbocycles. The zero-order chi connectivity index (χ0) is 12.5. The van der Waals surface area contributed by atoms with Crippen molar-refractivity contribution in [3.05, 3.63) is 47.8 Å². The highest BCUT2D eigenvalue weighted by atomic mass is 19.1. The first-order valence-corrected chi connectivity index (χ1v) is 6.10. The van der Waals surface area contributed by atoms with Gasteiger partial charge in [-0.25, -0.2) is 4.39 Å². The molecule has 0 saturated heterocycles. The molecule has 92 valence electrons. The van der Waals surface area contributed by atoms with Crippen molar-refractivity contribution in [2.24, 2.45) is 0 Å². The van der Waals surface area contributed by atoms with Crippen LogP contribution in [0.5, 0.6) is 5.75 Å². The third kappa shape index (κ3) is 1.92. The molecule has 0 spiro atoms. The van der Waals surface area contributed by atoms with Crippen LogP contribution >= 0.6 is 0 Å². The van der Waals surface area contributed by atoms with E-state index in [4.69, 9.17) is 0 Å². The molecule has 0 unspecified atom stereocenters. The van der Waals surface area contributed by atoms with Crippen LogP contribution in [0.4, 0.5) is 10.1 Å². The number of hydrogen-bond acceptors (Lipinski definition) is 2. The number of phenolic OH excluding ortho intramolecular Hbond substituents is 1. The fourth-order valence-corrected chi connectivity index (χ4v) is 2.37. The highest BCUT2D eigenvalue weighted by Crippen LogP contribution is 2.36. The second-order valence-corrected chi connectivity index (χ2v) is 4.56. The van der Waals surface area contributed by atoms with Crippen molar-refractivity contribution >= 4 is 5.69 Å². The molecule has 0 aliphatic carbocycles. The van der Waals surface area contributed by atoms with Crippen LogP contribution in [0.25, 0.3) is 11.1 Å². The minimum atomic E-state index is -0.266. The van der Waals surface area contributed by atoms with Crippen LogP contribution in [0.3, 0.4) is 0 Å². The van der Waals surface area contributed by atoms with Gasteiger partial charge in [0, 0.05) is 23.9 Å². The lowest BCUT2D eigenvalue weighted by Crippen LogP contribution is -2.11. The van der Waals surface area contributed by atoms with E-state index in [0.29, 0.717) is 0 Å². The second kappa shape index (κ2) is 4.33. The second-order valence-electron chi connectivity index (χ2n) is 4.56. The van der Waals surface area contributed by atoms with Crippen molar-refractivity contribution in [2.75, 3.05) is 11.9 Å². The lowest BCUT2D eigenvalue weighted by atomic mass is 9.96. The number of rotatable bonds is 1. The van der Waals surface area contributed by atoms with Crippen molar-refractivity contribution in [2.45, 2.75) is 12.8 Å². The smallest absolute Gasteiger partial charge is 0.125 e. The highest BCUT2D eigenvalue weighted by molar-refractivity contribution is 5.75. The molecule has 3 heteroatoms. The maximum Gasteiger partial charge on any atom is 0.125 e. The molecule has 18 heavy (non-hydrogen) atoms. The Hall–Kier alpha value is -2.03. The van der Waals surface area contributed by atoms with Gasteiger partial charge in [-0.15, -0.1) is 0 Å². The quantitative estimate of drug-likeness (QED) is 0.802. The molecular formula is C15H14FNO. The van der Waals surface area contributed by atoms with E-state index in [-0.39, 0.29) is 11.6 Å². The van der Waals surface area contributed by atoms with E-state index in [1.165, 1.54) is 17.7 Å². The molecule has 2 aromatic carbocycles. The van der Waals surface area contributed by atoms with Crippen LogP contribution in [-0.2, 0) is 6.42 Å². The molecule has 0 fully saturated rings. The van der Waals surface area contributed by atoms with Crippen LogP contribution in [0.15, 0.2) is 36.4 Å². The summed E-state index contributed by atoms with van der Waals surface area (Å²) < 4.78 is 12.9. The SMILES string of the molecule is Oc1cc2c(cc1-c1ccc(F)cc1)CCCN2. The molecule has 0 atom stereocenters. The summed E-state index contributed by atoms with van der Waals surface area (Å²) in [6, 6.07) is 9.94. The molecule has 2 nitrogen and oxygen atoms in total. The Labute approximate surface area is 105 Å². The van der Waals surface area contributed by atoms with Crippen LogP contribution in [0.1, 0.15) is 12.0 Å². The number of hydrogen-bond donors (Lipinski definition) is 2. The number of aromatic hydroxyl groups is 1. The van der Waals surface area contributed by atoms with Gasteiger partial charge in [0.25, 0.3) is 0 Å². The van der Waals surface area contributed by atoms with E-state index >= 15 is 0 Å². The van der Waals surface area contributed by atoms with Gasteiger partial charge >= 0.3 is 0 Å². The van der Waals surface area contributed by atoms with Crippen LogP contribution < -0.4 is 5.32 Å². The molecule has 1 aliphatic heterocycles. The first-order chi connectivity index (χ1) is 8.74. The predicted octanol–water partition coefficient (Wildman–Crippen LogP) is 3.56. The van der Waals surface area contributed by atoms with Crippen LogP contribution in [0.2, 0.25) is 0 Å². The topological polar surface area (TPSA) is 32.3 Å². The molecule has 2 aromatic rings. The number of anilines is 1. The van der Waals surface area contributed by atoms with Crippen LogP contribution in [-0.4, -0.2) is 11.7 Å². The Bertz CT molecular complexity index is 578. The normalized spacial score (nSPS) is 13.8. The van der Waals surface area contributed by atoms with Crippen molar-refractivity contribution in [3.63, 3.8) is 0 Å². The molecule has 0 bridgehead atoms. The van der Waals surface area contributed by atoms with E-state index in [9.17, 15) is 9.50 Å². The Morgan fingerprint density at radius 2 is 1.89 bits per heavy atom. The van der Waals surface area contributed by atoms with Gasteiger partial charge in [0.15, 0.2) is 0 Å². The maximum atomic E-state index is 12.9. The zero-order valence-corrected chi connectivity index (χ0v) is 9.91. The number of benzene rings is 2. The molecule has 1 heterocycles. The van der Waals surface area contributed by atoms with Gasteiger partial charge in [0.1, 0.15) is 11.6 Å². The van der Waals surface area contributed by atoms with Gasteiger partial charge in [-0.2, -0.15) is 0 Å². The number of aryl methyl sites for hydroxylation is 1. The Kier molecular flexibility index (Phi) is 2.67. The molecule has 2 N–H and O–H groups in total. The molecule has 0 amide bonds. The number of fused-ring (bicyclic) bond motifs is 1. The van der Waals surface area contributed by atoms with E-state index in [1.807, 2.05) is 6.07 Å². The van der Waals surface area contributed by atoms with Gasteiger partial charge in [0.2, 0.25) is 0 Å². The van der Waals surface area contributed by atoms with Gasteiger partial charge in [0.05, 0.1) is 0 Å². The zero-order valence-electron chi connectivity index (χ0n) is 9.91. The van der Waals surface area contributed by atoms with Crippen molar-refractivity contribution in [1.82, 2.24) is 0 Å². The average Bonchev–Trinajstić information content (AvgIpc) is 2.39. The van der Waals surface area contributed by atoms with Crippen LogP contribution in [0, 0.1) is 5.82 Å². The van der Waals surface area contributed by atoms with E-state index in [0.717, 1.165) is 36.2 Å². The third-order valence-corrected chi connectivity index (χ3v) is 3.32. The minimum Gasteiger partial charge on any atom is -0.507 e. The van der Waals surface area contributed by atoms with Crippen molar-refractivity contribution in [3.8, 4) is 16.9 Å². The molecule has 0 radical (unpaired) electrons. The predicted molar refractivity (Wildman–Crippen MR) is 70.3 cm³/mol. The summed E-state index contributed by atoms with van der Waals surface area (Å²) in [6.07, 6.45) is 2.11. The standard InChI is InChI=1S/C15H14FNO/c16-12-5-3-10(4-6-12)13-8-11-2-1-7-17-14(11)9-15(13)18/h3-6,8-9,17-18H,1-2,7H2. The van der Waals surface area contributed by atoms with Gasteiger partial charge < -0.3 is 10.4 Å². The van der Waals surface area contributed by atoms with Gasteiger partial charge in [-0.1, -0.05) is 12.1 Å². The van der Waals surface area contributed by atoms with E-state index in [2.05, 4.69) is 5.32 Å². The third-order valence-electron chi connectivity index (χ3n) is 3.32. The van der Waals surface area contributed by atoms with Gasteiger partial charge in [-0.05, 0) is 42.2 Å². The summed E-state index contributed by atoms with van der Waals surface area (Å²) in [4.78, 5) is 0. The lowest BCUT2D eigenvalue weighted by Gasteiger charge is -2.19. The first-order valence-electron chi connectivity index (χ1n) is 6.10. The van der Waals surface area contributed by atoms with E-state index < -0.39 is 0 Å². The minimum absolute atomic E-state index is 0.231. The average molecular weight is 243 g/mol. The number of halogens is 1. The highest BCUT2D eigenvalue weighted by Gasteiger charge is 2.13. The summed E-state index contributed by atoms with van der Waals surface area (Å²) >= 11 is 0. The van der Waals surface area contributed by atoms with Gasteiger partial charge in [-0.3, -0.25) is 0 Å². The van der Waals surface area contributed by atoms with Crippen molar-refractivity contribution < 1.29 is 9.50 Å². The fraction of sp³-hybridized carbons (Fsp3) is 0.200. The Morgan fingerprint density at radius 1 is 1.11 bits per heavy atom. The Morgan fingerprint density at radius 3 is 2.67 bits per heavy atom.